The lowest BCUT2D eigenvalue weighted by Crippen LogP contribution is -2.00. The van der Waals surface area contributed by atoms with Crippen LogP contribution < -0.4 is 0 Å². The van der Waals surface area contributed by atoms with E-state index >= 15 is 0 Å². The van der Waals surface area contributed by atoms with Crippen LogP contribution >= 0.6 is 0 Å². The van der Waals surface area contributed by atoms with E-state index < -0.39 is 0 Å². The summed E-state index contributed by atoms with van der Waals surface area (Å²) in [5.41, 5.74) is 22.2. The lowest BCUT2D eigenvalue weighted by molar-refractivity contribution is 1.07. The molecular weight excluding hydrogens is 1190 g/mol. The number of nitrogens with zero attached hydrogens (tertiary/aromatic N) is 11. The summed E-state index contributed by atoms with van der Waals surface area (Å²) in [4.78, 5) is 48.8. The largest absolute Gasteiger partial charge is 0.292 e. The number of imidazole rings is 1. The Morgan fingerprint density at radius 3 is 1.05 bits per heavy atom. The number of rotatable bonds is 11. The topological polar surface area (TPSA) is 134 Å². The summed E-state index contributed by atoms with van der Waals surface area (Å²) >= 11 is 0. The number of benzene rings is 10. The number of aromatic nitrogens is 11. The molecule has 0 aliphatic heterocycles. The third-order valence-electron chi connectivity index (χ3n) is 17.4. The highest BCUT2D eigenvalue weighted by molar-refractivity contribution is 5.92. The van der Waals surface area contributed by atoms with Gasteiger partial charge in [-0.2, -0.15) is 0 Å². The maximum atomic E-state index is 5.13. The van der Waals surface area contributed by atoms with E-state index in [4.69, 9.17) is 39.9 Å². The second-order valence-corrected chi connectivity index (χ2v) is 23.6. The number of para-hydroxylation sites is 3. The van der Waals surface area contributed by atoms with Crippen LogP contribution in [0.5, 0.6) is 0 Å². The first-order valence-corrected chi connectivity index (χ1v) is 32.1. The van der Waals surface area contributed by atoms with Crippen LogP contribution in [0.3, 0.4) is 0 Å². The van der Waals surface area contributed by atoms with Gasteiger partial charge in [-0.25, -0.2) is 39.9 Å². The highest BCUT2D eigenvalue weighted by Gasteiger charge is 2.18. The molecule has 97 heavy (non-hydrogen) atoms. The van der Waals surface area contributed by atoms with E-state index in [1.165, 1.54) is 0 Å². The van der Waals surface area contributed by atoms with Crippen molar-refractivity contribution in [2.75, 3.05) is 0 Å². The molecule has 0 saturated heterocycles. The first-order valence-electron chi connectivity index (χ1n) is 32.1. The Bertz CT molecular complexity index is 5890. The molecule has 0 aliphatic carbocycles. The van der Waals surface area contributed by atoms with Crippen molar-refractivity contribution in [3.8, 4) is 119 Å². The molecule has 0 atom stereocenters. The molecule has 454 valence electrons. The zero-order chi connectivity index (χ0) is 64.4. The molecule has 0 aliphatic rings. The van der Waals surface area contributed by atoms with Crippen molar-refractivity contribution in [3.63, 3.8) is 0 Å². The van der Waals surface area contributed by atoms with E-state index in [0.717, 1.165) is 156 Å². The minimum absolute atomic E-state index is 0.622. The number of pyridine rings is 6. The Kier molecular flexibility index (Phi) is 15.0. The van der Waals surface area contributed by atoms with Crippen LogP contribution in [0.15, 0.2) is 334 Å². The number of fused-ring (bicyclic) bond motifs is 5. The quantitative estimate of drug-likeness (QED) is 0.123. The molecule has 10 aromatic carbocycles. The fraction of sp³-hybridized carbons (Fsp3) is 0. The fourth-order valence-corrected chi connectivity index (χ4v) is 12.5. The Morgan fingerprint density at radius 1 is 0.196 bits per heavy atom. The predicted molar refractivity (Wildman–Crippen MR) is 392 cm³/mol. The monoisotopic (exact) mass is 1240 g/mol. The van der Waals surface area contributed by atoms with Gasteiger partial charge in [-0.3, -0.25) is 14.5 Å². The van der Waals surface area contributed by atoms with Gasteiger partial charge in [0, 0.05) is 73.0 Å². The van der Waals surface area contributed by atoms with Crippen molar-refractivity contribution < 1.29 is 0 Å². The molecule has 18 aromatic rings. The minimum Gasteiger partial charge on any atom is -0.292 e. The van der Waals surface area contributed by atoms with Crippen LogP contribution in [-0.4, -0.2) is 54.4 Å². The highest BCUT2D eigenvalue weighted by atomic mass is 15.1. The summed E-state index contributed by atoms with van der Waals surface area (Å²) in [6.45, 7) is 0. The third-order valence-corrected chi connectivity index (χ3v) is 17.4. The Hall–Kier alpha value is -13.4. The van der Waals surface area contributed by atoms with Crippen molar-refractivity contribution in [3.05, 3.63) is 334 Å². The van der Waals surface area contributed by atoms with Crippen LogP contribution in [0.4, 0.5) is 0 Å². The first kappa shape index (κ1) is 57.5. The van der Waals surface area contributed by atoms with Crippen molar-refractivity contribution in [2.45, 2.75) is 0 Å². The average Bonchev–Trinajstić information content (AvgIpc) is 1.65. The molecule has 0 amide bonds. The van der Waals surface area contributed by atoms with Crippen LogP contribution in [0.25, 0.3) is 173 Å². The van der Waals surface area contributed by atoms with Gasteiger partial charge in [0.05, 0.1) is 67.3 Å². The van der Waals surface area contributed by atoms with Crippen molar-refractivity contribution in [1.29, 1.82) is 0 Å². The molecule has 8 heterocycles. The molecule has 0 N–H and O–H groups in total. The van der Waals surface area contributed by atoms with E-state index in [1.54, 1.807) is 12.4 Å². The normalized spacial score (nSPS) is 11.3. The number of hydrogen-bond donors (Lipinski definition) is 0. The highest BCUT2D eigenvalue weighted by Crippen LogP contribution is 2.36. The van der Waals surface area contributed by atoms with Crippen LogP contribution in [0, 0.1) is 0 Å². The fourth-order valence-electron chi connectivity index (χ4n) is 12.5. The second-order valence-electron chi connectivity index (χ2n) is 23.6. The van der Waals surface area contributed by atoms with Gasteiger partial charge in [-0.05, 0) is 131 Å². The third kappa shape index (κ3) is 11.8. The Morgan fingerprint density at radius 2 is 0.557 bits per heavy atom. The van der Waals surface area contributed by atoms with Gasteiger partial charge < -0.3 is 0 Å². The zero-order valence-electron chi connectivity index (χ0n) is 52.2. The van der Waals surface area contributed by atoms with E-state index in [-0.39, 0.29) is 0 Å². The van der Waals surface area contributed by atoms with Crippen LogP contribution in [0.2, 0.25) is 0 Å². The van der Waals surface area contributed by atoms with Gasteiger partial charge in [0.1, 0.15) is 5.82 Å². The molecule has 0 unspecified atom stereocenters. The lowest BCUT2D eigenvalue weighted by Gasteiger charge is -2.11. The van der Waals surface area contributed by atoms with Crippen LogP contribution in [0.1, 0.15) is 0 Å². The van der Waals surface area contributed by atoms with Gasteiger partial charge in [0.25, 0.3) is 0 Å². The molecular formula is C86H55N11. The van der Waals surface area contributed by atoms with Crippen molar-refractivity contribution in [1.82, 2.24) is 54.4 Å². The summed E-state index contributed by atoms with van der Waals surface area (Å²) in [7, 11) is 0. The van der Waals surface area contributed by atoms with Gasteiger partial charge in [-0.1, -0.05) is 212 Å². The van der Waals surface area contributed by atoms with Gasteiger partial charge in [0.2, 0.25) is 0 Å². The molecule has 11 heteroatoms. The van der Waals surface area contributed by atoms with E-state index in [2.05, 4.69) is 203 Å². The average molecular weight is 1240 g/mol. The second kappa shape index (κ2) is 25.3. The molecule has 0 fully saturated rings. The summed E-state index contributed by atoms with van der Waals surface area (Å²) in [6.07, 6.45) is 3.58. The van der Waals surface area contributed by atoms with E-state index in [0.29, 0.717) is 17.5 Å². The molecule has 0 saturated carbocycles. The van der Waals surface area contributed by atoms with Crippen molar-refractivity contribution in [2.24, 2.45) is 0 Å². The standard InChI is InChI=1S/C44H28N6.C42H27N5/c1-3-10-31(11-4-1)42-48-43(32-12-5-2-6-13-32)50-44(49-42)36-15-9-14-33(26-36)34-19-17-29-21-23-37(46-40(29)27-34)35-20-18-30-22-24-39(47-41(30)28-35)38-16-7-8-25-45-38;1-2-11-34(12-3-1)47-41-15-5-4-14-38(41)46-42(47)33-10-8-9-30(25-33)31-18-16-28-20-22-35(44-39(28)26-31)32-19-17-29-21-23-37(45-40(29)27-32)36-13-6-7-24-43-36/h1-28H;1-27H. The predicted octanol–water partition coefficient (Wildman–Crippen LogP) is 20.5. The molecule has 11 nitrogen and oxygen atoms in total. The Labute approximate surface area is 558 Å². The molecule has 0 radical (unpaired) electrons. The molecule has 18 rings (SSSR count). The molecule has 0 spiro atoms. The van der Waals surface area contributed by atoms with Crippen molar-refractivity contribution >= 4 is 54.6 Å². The first-order chi connectivity index (χ1) is 48.0. The van der Waals surface area contributed by atoms with Crippen LogP contribution in [-0.2, 0) is 0 Å². The Balaban J connectivity index is 0.000000147. The minimum atomic E-state index is 0.622. The van der Waals surface area contributed by atoms with Gasteiger partial charge in [0.15, 0.2) is 17.5 Å². The smallest absolute Gasteiger partial charge is 0.164 e. The maximum Gasteiger partial charge on any atom is 0.164 e. The molecule has 8 aromatic heterocycles. The summed E-state index contributed by atoms with van der Waals surface area (Å²) in [5, 5.41) is 4.32. The van der Waals surface area contributed by atoms with Gasteiger partial charge >= 0.3 is 0 Å². The zero-order valence-corrected chi connectivity index (χ0v) is 52.2. The SMILES string of the molecule is c1ccc(-c2nc(-c3ccccc3)nc(-c3cccc(-c4ccc5ccc(-c6ccc7ccc(-c8ccccn8)nc7c6)nc5c4)c3)n2)cc1.c1ccc(-n2c(-c3cccc(-c4ccc5ccc(-c6ccc7ccc(-c8ccccn8)nc7c6)nc5c4)c3)nc3ccccc32)cc1. The summed E-state index contributed by atoms with van der Waals surface area (Å²) in [6, 6.07) is 110. The summed E-state index contributed by atoms with van der Waals surface area (Å²) < 4.78 is 2.24. The van der Waals surface area contributed by atoms with E-state index in [9.17, 15) is 0 Å². The lowest BCUT2D eigenvalue weighted by atomic mass is 10.0. The molecule has 0 bridgehead atoms. The van der Waals surface area contributed by atoms with E-state index in [1.807, 2.05) is 133 Å². The van der Waals surface area contributed by atoms with Gasteiger partial charge in [-0.15, -0.1) is 0 Å². The maximum absolute atomic E-state index is 5.13. The number of hydrogen-bond acceptors (Lipinski definition) is 10. The summed E-state index contributed by atoms with van der Waals surface area (Å²) in [5.74, 6) is 2.81.